The van der Waals surface area contributed by atoms with Crippen LogP contribution in [0.1, 0.15) is 31.4 Å². The molecule has 0 aliphatic carbocycles. The minimum Gasteiger partial charge on any atom is -0.355 e. The number of anilines is 1. The van der Waals surface area contributed by atoms with Crippen molar-refractivity contribution < 1.29 is 18.0 Å². The van der Waals surface area contributed by atoms with E-state index >= 15 is 0 Å². The molecule has 0 spiro atoms. The Morgan fingerprint density at radius 1 is 0.919 bits per heavy atom. The van der Waals surface area contributed by atoms with E-state index < -0.39 is 28.5 Å². The highest BCUT2D eigenvalue weighted by Crippen LogP contribution is 2.26. The molecule has 0 aliphatic rings. The molecule has 3 aromatic carbocycles. The molecule has 0 aliphatic heterocycles. The lowest BCUT2D eigenvalue weighted by molar-refractivity contribution is -0.140. The fourth-order valence-corrected chi connectivity index (χ4v) is 5.51. The summed E-state index contributed by atoms with van der Waals surface area (Å²) in [5.74, 6) is -0.777. The topological polar surface area (TPSA) is 86.8 Å². The summed E-state index contributed by atoms with van der Waals surface area (Å²) in [6.07, 6.45) is 0.371. The molecule has 3 aromatic rings. The molecule has 0 bridgehead atoms. The van der Waals surface area contributed by atoms with Gasteiger partial charge in [0.05, 0.1) is 10.6 Å². The van der Waals surface area contributed by atoms with Crippen LogP contribution in [0.25, 0.3) is 0 Å². The van der Waals surface area contributed by atoms with Crippen LogP contribution >= 0.6 is 11.6 Å². The van der Waals surface area contributed by atoms with Gasteiger partial charge in [0, 0.05) is 18.1 Å². The molecular weight excluding hydrogens is 510 g/mol. The third kappa shape index (κ3) is 7.11. The second kappa shape index (κ2) is 12.7. The van der Waals surface area contributed by atoms with Gasteiger partial charge in [-0.1, -0.05) is 66.6 Å². The highest BCUT2D eigenvalue weighted by molar-refractivity contribution is 7.92. The molecule has 3 rings (SSSR count). The van der Waals surface area contributed by atoms with Crippen molar-refractivity contribution in [1.29, 1.82) is 0 Å². The van der Waals surface area contributed by atoms with E-state index in [-0.39, 0.29) is 17.3 Å². The molecule has 1 atom stereocenters. The lowest BCUT2D eigenvalue weighted by Crippen LogP contribution is -2.52. The summed E-state index contributed by atoms with van der Waals surface area (Å²) in [6.45, 7) is 5.59. The normalized spacial score (nSPS) is 12.0. The van der Waals surface area contributed by atoms with Crippen LogP contribution < -0.4 is 9.62 Å². The van der Waals surface area contributed by atoms with E-state index in [1.807, 2.05) is 51.1 Å². The van der Waals surface area contributed by atoms with E-state index in [9.17, 15) is 18.0 Å². The Hall–Kier alpha value is -3.36. The average Bonchev–Trinajstić information content (AvgIpc) is 2.88. The van der Waals surface area contributed by atoms with Gasteiger partial charge in [0.25, 0.3) is 10.0 Å². The van der Waals surface area contributed by atoms with Crippen LogP contribution in [0.3, 0.4) is 0 Å². The summed E-state index contributed by atoms with van der Waals surface area (Å²) >= 11 is 6.05. The molecule has 0 fully saturated rings. The summed E-state index contributed by atoms with van der Waals surface area (Å²) in [4.78, 5) is 28.3. The van der Waals surface area contributed by atoms with E-state index in [0.717, 1.165) is 15.4 Å². The van der Waals surface area contributed by atoms with E-state index in [1.54, 1.807) is 36.4 Å². The number of sulfonamides is 1. The molecule has 0 unspecified atom stereocenters. The third-order valence-corrected chi connectivity index (χ3v) is 7.98. The molecule has 0 heterocycles. The van der Waals surface area contributed by atoms with Gasteiger partial charge in [0.1, 0.15) is 12.6 Å². The van der Waals surface area contributed by atoms with Crippen LogP contribution in [0.15, 0.2) is 83.8 Å². The number of amides is 2. The second-order valence-electron chi connectivity index (χ2n) is 8.63. The molecule has 0 saturated carbocycles. The van der Waals surface area contributed by atoms with Gasteiger partial charge in [-0.15, -0.1) is 0 Å². The molecule has 2 amide bonds. The predicted octanol–water partition coefficient (Wildman–Crippen LogP) is 4.79. The molecular formula is C28H32ClN3O4S. The van der Waals surface area contributed by atoms with Gasteiger partial charge < -0.3 is 10.2 Å². The van der Waals surface area contributed by atoms with Crippen molar-refractivity contribution in [2.75, 3.05) is 17.4 Å². The van der Waals surface area contributed by atoms with Gasteiger partial charge in [0.15, 0.2) is 0 Å². The molecule has 37 heavy (non-hydrogen) atoms. The molecule has 9 heteroatoms. The van der Waals surface area contributed by atoms with Crippen molar-refractivity contribution in [1.82, 2.24) is 10.2 Å². The molecule has 0 aromatic heterocycles. The fraction of sp³-hybridized carbons (Fsp3) is 0.286. The summed E-state index contributed by atoms with van der Waals surface area (Å²) in [6, 6.07) is 21.3. The number of rotatable bonds is 11. The summed E-state index contributed by atoms with van der Waals surface area (Å²) in [7, 11) is -4.11. The maximum atomic E-state index is 13.9. The number of carbonyl (C=O) groups excluding carboxylic acids is 2. The smallest absolute Gasteiger partial charge is 0.264 e. The van der Waals surface area contributed by atoms with Crippen LogP contribution in [0.2, 0.25) is 5.02 Å². The molecule has 7 nitrogen and oxygen atoms in total. The van der Waals surface area contributed by atoms with Gasteiger partial charge in [0.2, 0.25) is 11.8 Å². The third-order valence-electron chi connectivity index (χ3n) is 5.94. The lowest BCUT2D eigenvalue weighted by atomic mass is 10.1. The highest BCUT2D eigenvalue weighted by atomic mass is 35.5. The van der Waals surface area contributed by atoms with Crippen molar-refractivity contribution >= 4 is 39.1 Å². The van der Waals surface area contributed by atoms with Gasteiger partial charge in [-0.05, 0) is 62.2 Å². The van der Waals surface area contributed by atoms with Crippen LogP contribution in [-0.2, 0) is 26.2 Å². The Morgan fingerprint density at radius 2 is 1.54 bits per heavy atom. The van der Waals surface area contributed by atoms with Gasteiger partial charge in [-0.2, -0.15) is 0 Å². The van der Waals surface area contributed by atoms with Crippen molar-refractivity contribution in [3.8, 4) is 0 Å². The van der Waals surface area contributed by atoms with Gasteiger partial charge in [-0.3, -0.25) is 13.9 Å². The van der Waals surface area contributed by atoms with Crippen molar-refractivity contribution in [3.05, 3.63) is 95.0 Å². The van der Waals surface area contributed by atoms with Crippen LogP contribution in [0.5, 0.6) is 0 Å². The standard InChI is InChI=1S/C28H32ClN3O4S/c1-4-26(28(34)30-5-2)31(19-22-9-7-6-8-10-22)27(33)20-32(24-15-13-23(29)14-16-24)37(35,36)25-17-11-21(3)12-18-25/h6-18,26H,4-5,19-20H2,1-3H3,(H,30,34)/t26-/m0/s1. The van der Waals surface area contributed by atoms with Crippen molar-refractivity contribution in [2.45, 2.75) is 44.7 Å². The SMILES string of the molecule is CCNC(=O)[C@H](CC)N(Cc1ccccc1)C(=O)CN(c1ccc(Cl)cc1)S(=O)(=O)c1ccc(C)cc1. The minimum atomic E-state index is -4.11. The van der Waals surface area contributed by atoms with Crippen LogP contribution in [-0.4, -0.2) is 44.3 Å². The number of likely N-dealkylation sites (N-methyl/N-ethyl adjacent to an activating group) is 1. The minimum absolute atomic E-state index is 0.0613. The van der Waals surface area contributed by atoms with Crippen molar-refractivity contribution in [2.24, 2.45) is 0 Å². The first-order valence-electron chi connectivity index (χ1n) is 12.1. The van der Waals surface area contributed by atoms with Crippen molar-refractivity contribution in [3.63, 3.8) is 0 Å². The Balaban J connectivity index is 2.04. The lowest BCUT2D eigenvalue weighted by Gasteiger charge is -2.33. The summed E-state index contributed by atoms with van der Waals surface area (Å²) in [5, 5.41) is 3.23. The Bertz CT molecular complexity index is 1300. The van der Waals surface area contributed by atoms with E-state index in [0.29, 0.717) is 23.7 Å². The molecule has 0 saturated heterocycles. The van der Waals surface area contributed by atoms with E-state index in [2.05, 4.69) is 5.32 Å². The zero-order valence-corrected chi connectivity index (χ0v) is 22.8. The number of hydrogen-bond donors (Lipinski definition) is 1. The number of hydrogen-bond acceptors (Lipinski definition) is 4. The maximum Gasteiger partial charge on any atom is 0.264 e. The van der Waals surface area contributed by atoms with Gasteiger partial charge in [-0.25, -0.2) is 8.42 Å². The van der Waals surface area contributed by atoms with E-state index in [4.69, 9.17) is 11.6 Å². The number of nitrogens with one attached hydrogen (secondary N) is 1. The van der Waals surface area contributed by atoms with Crippen LogP contribution in [0.4, 0.5) is 5.69 Å². The number of nitrogens with zero attached hydrogens (tertiary/aromatic N) is 2. The number of halogens is 1. The molecule has 0 radical (unpaired) electrons. The predicted molar refractivity (Wildman–Crippen MR) is 147 cm³/mol. The highest BCUT2D eigenvalue weighted by Gasteiger charge is 2.33. The Morgan fingerprint density at radius 3 is 2.11 bits per heavy atom. The molecule has 196 valence electrons. The first-order chi connectivity index (χ1) is 17.7. The number of aryl methyl sites for hydroxylation is 1. The Labute approximate surface area is 224 Å². The molecule has 1 N–H and O–H groups in total. The average molecular weight is 542 g/mol. The number of carbonyl (C=O) groups is 2. The maximum absolute atomic E-state index is 13.9. The summed E-state index contributed by atoms with van der Waals surface area (Å²) < 4.78 is 28.6. The Kier molecular flexibility index (Phi) is 9.72. The first kappa shape index (κ1) is 28.2. The number of benzene rings is 3. The monoisotopic (exact) mass is 541 g/mol. The van der Waals surface area contributed by atoms with Crippen LogP contribution in [0, 0.1) is 6.92 Å². The van der Waals surface area contributed by atoms with E-state index in [1.165, 1.54) is 17.0 Å². The first-order valence-corrected chi connectivity index (χ1v) is 13.9. The summed E-state index contributed by atoms with van der Waals surface area (Å²) in [5.41, 5.74) is 2.04. The largest absolute Gasteiger partial charge is 0.355 e. The fourth-order valence-electron chi connectivity index (χ4n) is 3.97. The van der Waals surface area contributed by atoms with Gasteiger partial charge >= 0.3 is 0 Å². The zero-order chi connectivity index (χ0) is 27.0. The zero-order valence-electron chi connectivity index (χ0n) is 21.2. The quantitative estimate of drug-likeness (QED) is 0.378. The second-order valence-corrected chi connectivity index (χ2v) is 10.9.